The number of hydrogen-bond donors (Lipinski definition) is 1. The first kappa shape index (κ1) is 24.5. The van der Waals surface area contributed by atoms with E-state index in [1.165, 1.54) is 12.1 Å². The van der Waals surface area contributed by atoms with Gasteiger partial charge in [0, 0.05) is 19.3 Å². The van der Waals surface area contributed by atoms with Crippen molar-refractivity contribution in [2.24, 2.45) is 11.7 Å². The lowest BCUT2D eigenvalue weighted by atomic mass is 9.96. The van der Waals surface area contributed by atoms with Crippen LogP contribution in [0.15, 0.2) is 42.9 Å². The van der Waals surface area contributed by atoms with E-state index in [2.05, 4.69) is 24.3 Å². The van der Waals surface area contributed by atoms with E-state index in [4.69, 9.17) is 10.5 Å². The summed E-state index contributed by atoms with van der Waals surface area (Å²) >= 11 is 0. The molecule has 0 unspecified atom stereocenters. The standard InChI is InChI=1S/C25H29F3N6O2/c26-25(27,28)19-3-1-18(2-4-19)21-15-36-12-11-34(21)24-20-7-10-33(23(20)30-16-31-24)13-17-5-8-32(9-6-17)14-22(29)35/h1-4,7,10,16-17,21H,5-6,8-9,11-15H2,(H2,29,35)/t21-/m0/s1. The van der Waals surface area contributed by atoms with Crippen LogP contribution in [0.4, 0.5) is 19.0 Å². The Hall–Kier alpha value is -3.18. The van der Waals surface area contributed by atoms with E-state index in [0.29, 0.717) is 32.2 Å². The van der Waals surface area contributed by atoms with Gasteiger partial charge in [-0.2, -0.15) is 13.2 Å². The number of likely N-dealkylation sites (tertiary alicyclic amines) is 1. The summed E-state index contributed by atoms with van der Waals surface area (Å²) in [6.45, 7) is 4.24. The summed E-state index contributed by atoms with van der Waals surface area (Å²) in [5, 5.41) is 0.905. The third kappa shape index (κ3) is 5.17. The van der Waals surface area contributed by atoms with Gasteiger partial charge in [-0.25, -0.2) is 9.97 Å². The smallest absolute Gasteiger partial charge is 0.377 e. The maximum Gasteiger partial charge on any atom is 0.416 e. The lowest BCUT2D eigenvalue weighted by Crippen LogP contribution is -2.40. The average molecular weight is 503 g/mol. The topological polar surface area (TPSA) is 89.5 Å². The van der Waals surface area contributed by atoms with Gasteiger partial charge >= 0.3 is 6.18 Å². The Labute approximate surface area is 206 Å². The van der Waals surface area contributed by atoms with E-state index in [1.54, 1.807) is 6.33 Å². The fourth-order valence-corrected chi connectivity index (χ4v) is 5.22. The predicted octanol–water partition coefficient (Wildman–Crippen LogP) is 3.23. The largest absolute Gasteiger partial charge is 0.416 e. The summed E-state index contributed by atoms with van der Waals surface area (Å²) in [7, 11) is 0. The van der Waals surface area contributed by atoms with Gasteiger partial charge in [-0.05, 0) is 55.6 Å². The SMILES string of the molecule is NC(=O)CN1CCC(Cn2ccc3c(N4CCOC[C@H]4c4ccc(C(F)(F)F)cc4)ncnc32)CC1. The van der Waals surface area contributed by atoms with Crippen LogP contribution in [0.2, 0.25) is 0 Å². The van der Waals surface area contributed by atoms with Crippen LogP contribution in [-0.4, -0.2) is 64.7 Å². The van der Waals surface area contributed by atoms with Crippen LogP contribution >= 0.6 is 0 Å². The second-order valence-corrected chi connectivity index (χ2v) is 9.49. The minimum absolute atomic E-state index is 0.253. The van der Waals surface area contributed by atoms with Crippen LogP contribution in [0, 0.1) is 5.92 Å². The number of anilines is 1. The van der Waals surface area contributed by atoms with Crippen molar-refractivity contribution in [3.63, 3.8) is 0 Å². The average Bonchev–Trinajstić information content (AvgIpc) is 3.27. The quantitative estimate of drug-likeness (QED) is 0.557. The van der Waals surface area contributed by atoms with Gasteiger partial charge in [0.2, 0.25) is 5.91 Å². The first-order valence-corrected chi connectivity index (χ1v) is 12.1. The van der Waals surface area contributed by atoms with Crippen LogP contribution in [0.5, 0.6) is 0 Å². The predicted molar refractivity (Wildman–Crippen MR) is 128 cm³/mol. The number of piperidine rings is 1. The summed E-state index contributed by atoms with van der Waals surface area (Å²) in [6.07, 6.45) is 1.14. The Balaban J connectivity index is 1.36. The van der Waals surface area contributed by atoms with Crippen molar-refractivity contribution in [1.82, 2.24) is 19.4 Å². The second kappa shape index (κ2) is 10.1. The van der Waals surface area contributed by atoms with E-state index in [-0.39, 0.29) is 11.9 Å². The number of aromatic nitrogens is 3. The molecule has 0 aliphatic carbocycles. The lowest BCUT2D eigenvalue weighted by molar-refractivity contribution is -0.137. The molecule has 0 spiro atoms. The number of carbonyl (C=O) groups excluding carboxylic acids is 1. The zero-order valence-corrected chi connectivity index (χ0v) is 19.8. The van der Waals surface area contributed by atoms with Crippen molar-refractivity contribution in [1.29, 1.82) is 0 Å². The highest BCUT2D eigenvalue weighted by molar-refractivity contribution is 5.88. The molecule has 1 aromatic carbocycles. The molecule has 5 rings (SSSR count). The molecule has 2 fully saturated rings. The first-order valence-electron chi connectivity index (χ1n) is 12.1. The van der Waals surface area contributed by atoms with Crippen LogP contribution in [0.25, 0.3) is 11.0 Å². The molecule has 3 aromatic rings. The van der Waals surface area contributed by atoms with E-state index in [1.807, 2.05) is 12.3 Å². The fourth-order valence-electron chi connectivity index (χ4n) is 5.22. The maximum atomic E-state index is 13.0. The number of carbonyl (C=O) groups is 1. The number of morpholine rings is 1. The Morgan fingerprint density at radius 1 is 1.08 bits per heavy atom. The number of hydrogen-bond acceptors (Lipinski definition) is 6. The molecule has 0 bridgehead atoms. The molecular weight excluding hydrogens is 473 g/mol. The molecule has 1 atom stereocenters. The Kier molecular flexibility index (Phi) is 6.85. The van der Waals surface area contributed by atoms with Crippen LogP contribution < -0.4 is 10.6 Å². The first-order chi connectivity index (χ1) is 17.3. The minimum atomic E-state index is -4.37. The third-order valence-corrected chi connectivity index (χ3v) is 7.10. The highest BCUT2D eigenvalue weighted by Gasteiger charge is 2.32. The number of ether oxygens (including phenoxy) is 1. The molecule has 192 valence electrons. The van der Waals surface area contributed by atoms with Gasteiger partial charge in [-0.1, -0.05) is 12.1 Å². The summed E-state index contributed by atoms with van der Waals surface area (Å²) in [6, 6.07) is 7.02. The highest BCUT2D eigenvalue weighted by atomic mass is 19.4. The van der Waals surface area contributed by atoms with Gasteiger partial charge in [0.15, 0.2) is 0 Å². The number of alkyl halides is 3. The summed E-state index contributed by atoms with van der Waals surface area (Å²) in [4.78, 5) is 24.5. The van der Waals surface area contributed by atoms with Gasteiger partial charge in [0.25, 0.3) is 0 Å². The summed E-state index contributed by atoms with van der Waals surface area (Å²) in [5.41, 5.74) is 6.23. The second-order valence-electron chi connectivity index (χ2n) is 9.49. The van der Waals surface area contributed by atoms with Gasteiger partial charge in [-0.3, -0.25) is 9.69 Å². The van der Waals surface area contributed by atoms with Crippen molar-refractivity contribution >= 4 is 22.8 Å². The molecule has 1 amide bonds. The minimum Gasteiger partial charge on any atom is -0.377 e. The van der Waals surface area contributed by atoms with Crippen molar-refractivity contribution in [2.45, 2.75) is 31.6 Å². The lowest BCUT2D eigenvalue weighted by Gasteiger charge is -2.37. The molecule has 0 saturated carbocycles. The monoisotopic (exact) mass is 502 g/mol. The summed E-state index contributed by atoms with van der Waals surface area (Å²) in [5.74, 6) is 0.918. The fraction of sp³-hybridized carbons (Fsp3) is 0.480. The van der Waals surface area contributed by atoms with Crippen molar-refractivity contribution in [3.05, 3.63) is 54.0 Å². The van der Waals surface area contributed by atoms with Crippen molar-refractivity contribution < 1.29 is 22.7 Å². The maximum absolute atomic E-state index is 13.0. The van der Waals surface area contributed by atoms with Crippen LogP contribution in [0.3, 0.4) is 0 Å². The van der Waals surface area contributed by atoms with E-state index in [9.17, 15) is 18.0 Å². The number of rotatable bonds is 6. The Bertz CT molecular complexity index is 1200. The molecule has 8 nitrogen and oxygen atoms in total. The van der Waals surface area contributed by atoms with E-state index >= 15 is 0 Å². The molecule has 4 heterocycles. The van der Waals surface area contributed by atoms with Gasteiger partial charge < -0.3 is 19.9 Å². The molecule has 11 heteroatoms. The third-order valence-electron chi connectivity index (χ3n) is 7.10. The molecule has 2 aliphatic heterocycles. The highest BCUT2D eigenvalue weighted by Crippen LogP contribution is 2.35. The molecule has 2 aromatic heterocycles. The number of nitrogens with zero attached hydrogens (tertiary/aromatic N) is 5. The van der Waals surface area contributed by atoms with Crippen molar-refractivity contribution in [2.75, 3.05) is 44.3 Å². The number of primary amides is 1. The Morgan fingerprint density at radius 2 is 1.83 bits per heavy atom. The number of amides is 1. The normalized spacial score (nSPS) is 20.2. The van der Waals surface area contributed by atoms with Gasteiger partial charge in [-0.15, -0.1) is 0 Å². The number of halogens is 3. The Morgan fingerprint density at radius 3 is 2.53 bits per heavy atom. The number of fused-ring (bicyclic) bond motifs is 1. The zero-order valence-electron chi connectivity index (χ0n) is 19.8. The molecular formula is C25H29F3N6O2. The zero-order chi connectivity index (χ0) is 25.3. The van der Waals surface area contributed by atoms with Crippen molar-refractivity contribution in [3.8, 4) is 0 Å². The van der Waals surface area contributed by atoms with E-state index < -0.39 is 11.7 Å². The number of nitrogens with two attached hydrogens (primary N) is 1. The molecule has 2 saturated heterocycles. The molecule has 2 N–H and O–H groups in total. The molecule has 2 aliphatic rings. The molecule has 36 heavy (non-hydrogen) atoms. The van der Waals surface area contributed by atoms with Crippen LogP contribution in [0.1, 0.15) is 30.0 Å². The van der Waals surface area contributed by atoms with Gasteiger partial charge in [0.05, 0.1) is 36.8 Å². The summed E-state index contributed by atoms with van der Waals surface area (Å²) < 4.78 is 47.0. The van der Waals surface area contributed by atoms with E-state index in [0.717, 1.165) is 67.0 Å². The molecule has 0 radical (unpaired) electrons. The van der Waals surface area contributed by atoms with Gasteiger partial charge in [0.1, 0.15) is 17.8 Å². The van der Waals surface area contributed by atoms with Crippen LogP contribution in [-0.2, 0) is 22.3 Å². The number of benzene rings is 1.